The first-order chi connectivity index (χ1) is 22.2. The zero-order valence-corrected chi connectivity index (χ0v) is 28.7. The Morgan fingerprint density at radius 1 is 0.617 bits per heavy atom. The number of hydrogen-bond acceptors (Lipinski definition) is 2. The summed E-state index contributed by atoms with van der Waals surface area (Å²) in [6, 6.07) is 8.69. The van der Waals surface area contributed by atoms with Crippen molar-refractivity contribution in [1.82, 2.24) is 0 Å². The molecule has 2 amide bonds. The number of rotatable bonds is 4. The number of benzene rings is 2. The standard InChI is InChI=1S/2C14H16F2NO.2C5H5.Ti/c2*1-17(13-8-7-11(15)9-12(13)16)14(18)10-5-3-2-4-6-10;2*1-2-4-5-3-1;/h2*7-8,10H,2-6H2,1H3;2*1-3H,4H2;/q4*-1;+4. The summed E-state index contributed by atoms with van der Waals surface area (Å²) in [6.45, 7) is 0. The van der Waals surface area contributed by atoms with Gasteiger partial charge in [0, 0.05) is 49.2 Å². The smallest absolute Gasteiger partial charge is 0.366 e. The fourth-order valence-electron chi connectivity index (χ4n) is 5.55. The van der Waals surface area contributed by atoms with Crippen molar-refractivity contribution in [3.8, 4) is 0 Å². The third-order valence-electron chi connectivity index (χ3n) is 8.15. The van der Waals surface area contributed by atoms with Gasteiger partial charge in [-0.1, -0.05) is 38.5 Å². The van der Waals surface area contributed by atoms with Crippen LogP contribution < -0.4 is 9.80 Å². The van der Waals surface area contributed by atoms with E-state index in [1.807, 2.05) is 36.4 Å². The maximum absolute atomic E-state index is 13.5. The molecule has 2 aromatic carbocycles. The number of carbonyl (C=O) groups excluding carboxylic acids is 2. The number of nitrogens with zero attached hydrogens (tertiary/aromatic N) is 2. The van der Waals surface area contributed by atoms with Gasteiger partial charge in [0.15, 0.2) is 0 Å². The molecule has 2 saturated carbocycles. The molecule has 47 heavy (non-hydrogen) atoms. The molecule has 4 nitrogen and oxygen atoms in total. The number of carbonyl (C=O) groups is 2. The number of hydrogen-bond donors (Lipinski definition) is 0. The van der Waals surface area contributed by atoms with Crippen LogP contribution in [0.15, 0.2) is 60.7 Å². The van der Waals surface area contributed by atoms with Crippen LogP contribution in [0.2, 0.25) is 0 Å². The molecule has 0 aliphatic heterocycles. The van der Waals surface area contributed by atoms with Gasteiger partial charge in [-0.3, -0.25) is 21.7 Å². The molecule has 0 N–H and O–H groups in total. The second kappa shape index (κ2) is 21.6. The molecule has 2 fully saturated rings. The zero-order valence-electron chi connectivity index (χ0n) is 27.1. The second-order valence-electron chi connectivity index (χ2n) is 11.5. The normalized spacial score (nSPS) is 16.5. The SMILES string of the molecule is CN(C(=O)C1CCCCC1)c1ccc(F)[c-]c1F.CN(C(=O)C1CCCCC1)c1ccc(F)[c-]c1F.[C-]1=CC=CC1.[C-]1=CC=CC1.[Ti+4]. The van der Waals surface area contributed by atoms with Crippen LogP contribution >= 0.6 is 0 Å². The second-order valence-corrected chi connectivity index (χ2v) is 11.5. The van der Waals surface area contributed by atoms with Crippen LogP contribution in [0.5, 0.6) is 0 Å². The van der Waals surface area contributed by atoms with E-state index in [1.54, 1.807) is 0 Å². The number of amides is 2. The molecule has 0 spiro atoms. The average Bonchev–Trinajstić information content (AvgIpc) is 3.85. The maximum atomic E-state index is 13.5. The largest absolute Gasteiger partial charge is 4.00 e. The summed E-state index contributed by atoms with van der Waals surface area (Å²) < 4.78 is 52.6. The molecule has 9 heteroatoms. The van der Waals surface area contributed by atoms with Crippen molar-refractivity contribution in [2.45, 2.75) is 77.0 Å². The molecule has 2 aromatic rings. The summed E-state index contributed by atoms with van der Waals surface area (Å²) in [5, 5.41) is 0. The van der Waals surface area contributed by atoms with Crippen molar-refractivity contribution in [3.63, 3.8) is 0 Å². The summed E-state index contributed by atoms with van der Waals surface area (Å²) in [5.74, 6) is -3.39. The van der Waals surface area contributed by atoms with Crippen molar-refractivity contribution in [2.24, 2.45) is 11.8 Å². The van der Waals surface area contributed by atoms with Crippen molar-refractivity contribution < 1.29 is 48.9 Å². The molecule has 0 saturated heterocycles. The first-order valence-electron chi connectivity index (χ1n) is 15.9. The van der Waals surface area contributed by atoms with Gasteiger partial charge in [0.2, 0.25) is 11.8 Å². The first kappa shape index (κ1) is 40.0. The van der Waals surface area contributed by atoms with Gasteiger partial charge < -0.3 is 9.80 Å². The van der Waals surface area contributed by atoms with Crippen LogP contribution in [-0.2, 0) is 31.3 Å². The van der Waals surface area contributed by atoms with Crippen molar-refractivity contribution in [3.05, 3.63) is 108 Å². The Bertz CT molecular complexity index is 1270. The summed E-state index contributed by atoms with van der Waals surface area (Å²) >= 11 is 0. The Morgan fingerprint density at radius 2 is 0.979 bits per heavy atom. The van der Waals surface area contributed by atoms with E-state index in [1.165, 1.54) is 36.0 Å². The van der Waals surface area contributed by atoms with E-state index < -0.39 is 23.3 Å². The topological polar surface area (TPSA) is 40.6 Å². The zero-order chi connectivity index (χ0) is 33.3. The van der Waals surface area contributed by atoms with Crippen LogP contribution in [0.3, 0.4) is 0 Å². The predicted molar refractivity (Wildman–Crippen MR) is 173 cm³/mol. The summed E-state index contributed by atoms with van der Waals surface area (Å²) in [5.41, 5.74) is 0.180. The Balaban J connectivity index is 0.000000248. The molecular weight excluding hydrogens is 640 g/mol. The monoisotopic (exact) mass is 682 g/mol. The molecule has 4 aliphatic rings. The Hall–Kier alpha value is -3.23. The minimum absolute atomic E-state index is 0. The number of anilines is 2. The predicted octanol–water partition coefficient (Wildman–Crippen LogP) is 9.23. The summed E-state index contributed by atoms with van der Waals surface area (Å²) in [7, 11) is 3.06. The molecule has 0 atom stereocenters. The van der Waals surface area contributed by atoms with Crippen molar-refractivity contribution in [2.75, 3.05) is 23.9 Å². The maximum Gasteiger partial charge on any atom is 4.00 e. The fraction of sp³-hybridized carbons (Fsp3) is 0.421. The van der Waals surface area contributed by atoms with E-state index in [-0.39, 0.29) is 56.7 Å². The molecule has 4 aliphatic carbocycles. The summed E-state index contributed by atoms with van der Waals surface area (Å²) in [4.78, 5) is 26.9. The third-order valence-corrected chi connectivity index (χ3v) is 8.15. The minimum atomic E-state index is -0.818. The molecule has 0 heterocycles. The van der Waals surface area contributed by atoms with E-state index in [9.17, 15) is 27.2 Å². The van der Waals surface area contributed by atoms with E-state index in [0.717, 1.165) is 89.2 Å². The molecule has 0 aromatic heterocycles. The molecule has 0 radical (unpaired) electrons. The summed E-state index contributed by atoms with van der Waals surface area (Å²) in [6.07, 6.45) is 29.9. The van der Waals surface area contributed by atoms with E-state index >= 15 is 0 Å². The van der Waals surface area contributed by atoms with Crippen LogP contribution in [0.4, 0.5) is 28.9 Å². The first-order valence-corrected chi connectivity index (χ1v) is 15.9. The Morgan fingerprint density at radius 3 is 1.23 bits per heavy atom. The number of allylic oxidation sites excluding steroid dienone is 8. The molecule has 0 bridgehead atoms. The van der Waals surface area contributed by atoms with Gasteiger partial charge in [0.25, 0.3) is 0 Å². The molecule has 6 rings (SSSR count). The van der Waals surface area contributed by atoms with Gasteiger partial charge in [0.05, 0.1) is 0 Å². The van der Waals surface area contributed by atoms with E-state index in [0.29, 0.717) is 0 Å². The number of halogens is 4. The minimum Gasteiger partial charge on any atom is -0.366 e. The Labute approximate surface area is 292 Å². The van der Waals surface area contributed by atoms with Gasteiger partial charge in [-0.2, -0.15) is 12.2 Å². The van der Waals surface area contributed by atoms with Gasteiger partial charge in [-0.05, 0) is 37.1 Å². The molecule has 248 valence electrons. The van der Waals surface area contributed by atoms with Crippen molar-refractivity contribution in [1.29, 1.82) is 0 Å². The third kappa shape index (κ3) is 13.4. The Kier molecular flexibility index (Phi) is 18.4. The quantitative estimate of drug-likeness (QED) is 0.183. The van der Waals surface area contributed by atoms with Crippen LogP contribution in [0, 0.1) is 59.4 Å². The molecule has 0 unspecified atom stereocenters. The van der Waals surface area contributed by atoms with Crippen molar-refractivity contribution >= 4 is 23.2 Å². The molecular formula is C38H42F4N2O2Ti. The van der Waals surface area contributed by atoms with E-state index in [4.69, 9.17) is 0 Å². The van der Waals surface area contributed by atoms with Crippen LogP contribution in [0.1, 0.15) is 77.0 Å². The van der Waals surface area contributed by atoms with Gasteiger partial charge in [0.1, 0.15) is 0 Å². The average molecular weight is 683 g/mol. The van der Waals surface area contributed by atoms with E-state index in [2.05, 4.69) is 24.3 Å². The van der Waals surface area contributed by atoms with Crippen LogP contribution in [0.25, 0.3) is 0 Å². The fourth-order valence-corrected chi connectivity index (χ4v) is 5.55. The van der Waals surface area contributed by atoms with Gasteiger partial charge >= 0.3 is 21.7 Å². The van der Waals surface area contributed by atoms with Crippen LogP contribution in [-0.4, -0.2) is 25.9 Å². The van der Waals surface area contributed by atoms with Gasteiger partial charge in [-0.15, -0.1) is 49.2 Å². The van der Waals surface area contributed by atoms with Gasteiger partial charge in [-0.25, -0.2) is 41.9 Å².